The quantitative estimate of drug-likeness (QED) is 0.844. The lowest BCUT2D eigenvalue weighted by molar-refractivity contribution is -0.120. The van der Waals surface area contributed by atoms with E-state index < -0.39 is 0 Å². The highest BCUT2D eigenvalue weighted by Gasteiger charge is 2.24. The van der Waals surface area contributed by atoms with Crippen LogP contribution in [0.25, 0.3) is 5.57 Å². The fourth-order valence-electron chi connectivity index (χ4n) is 3.13. The summed E-state index contributed by atoms with van der Waals surface area (Å²) in [5.41, 5.74) is 3.19. The number of rotatable bonds is 5. The average molecular weight is 371 g/mol. The number of carbonyl (C=O) groups excluding carboxylic acids is 1. The molecule has 0 aliphatic carbocycles. The minimum absolute atomic E-state index is 0.0675. The number of nitrogens with zero attached hydrogens (tertiary/aromatic N) is 1. The molecule has 0 spiro atoms. The van der Waals surface area contributed by atoms with Crippen molar-refractivity contribution >= 4 is 28.8 Å². The maximum Gasteiger partial charge on any atom is 0.241 e. The SMILES string of the molecule is COc1ccc(Cl)cc1NC(=O)[C@H](C)N1CC=C(c2ccccc2)CC1. The Kier molecular flexibility index (Phi) is 5.96. The zero-order valence-electron chi connectivity index (χ0n) is 15.0. The van der Waals surface area contributed by atoms with Crippen molar-refractivity contribution in [2.24, 2.45) is 0 Å². The van der Waals surface area contributed by atoms with Crippen molar-refractivity contribution in [3.8, 4) is 5.75 Å². The van der Waals surface area contributed by atoms with E-state index in [0.29, 0.717) is 16.5 Å². The normalized spacial score (nSPS) is 15.9. The van der Waals surface area contributed by atoms with Crippen LogP contribution in [0.5, 0.6) is 5.75 Å². The zero-order valence-corrected chi connectivity index (χ0v) is 15.8. The van der Waals surface area contributed by atoms with Crippen molar-refractivity contribution in [3.63, 3.8) is 0 Å². The number of anilines is 1. The molecule has 2 aromatic rings. The van der Waals surface area contributed by atoms with Gasteiger partial charge in [-0.2, -0.15) is 0 Å². The number of hydrogen-bond donors (Lipinski definition) is 1. The van der Waals surface area contributed by atoms with Crippen molar-refractivity contribution < 1.29 is 9.53 Å². The fraction of sp³-hybridized carbons (Fsp3) is 0.286. The van der Waals surface area contributed by atoms with Crippen molar-refractivity contribution in [3.05, 3.63) is 65.2 Å². The van der Waals surface area contributed by atoms with Gasteiger partial charge in [-0.05, 0) is 42.7 Å². The molecule has 1 amide bonds. The molecule has 0 saturated heterocycles. The average Bonchev–Trinajstić information content (AvgIpc) is 2.68. The molecule has 0 radical (unpaired) electrons. The first-order valence-electron chi connectivity index (χ1n) is 8.71. The van der Waals surface area contributed by atoms with E-state index in [9.17, 15) is 4.79 Å². The second-order valence-corrected chi connectivity index (χ2v) is 6.79. The summed E-state index contributed by atoms with van der Waals surface area (Å²) in [6.07, 6.45) is 3.14. The van der Waals surface area contributed by atoms with Gasteiger partial charge in [0.15, 0.2) is 0 Å². The topological polar surface area (TPSA) is 41.6 Å². The largest absolute Gasteiger partial charge is 0.495 e. The van der Waals surface area contributed by atoms with Crippen LogP contribution >= 0.6 is 11.6 Å². The zero-order chi connectivity index (χ0) is 18.5. The van der Waals surface area contributed by atoms with Crippen LogP contribution in [0.3, 0.4) is 0 Å². The first kappa shape index (κ1) is 18.5. The molecule has 0 unspecified atom stereocenters. The van der Waals surface area contributed by atoms with Crippen LogP contribution in [0.2, 0.25) is 5.02 Å². The molecule has 1 heterocycles. The summed E-state index contributed by atoms with van der Waals surface area (Å²) < 4.78 is 5.29. The van der Waals surface area contributed by atoms with Crippen LogP contribution < -0.4 is 10.1 Å². The molecule has 0 fully saturated rings. The summed E-state index contributed by atoms with van der Waals surface area (Å²) >= 11 is 6.03. The molecule has 2 aromatic carbocycles. The van der Waals surface area contributed by atoms with Gasteiger partial charge in [0, 0.05) is 18.1 Å². The summed E-state index contributed by atoms with van der Waals surface area (Å²) in [6, 6.07) is 15.3. The smallest absolute Gasteiger partial charge is 0.241 e. The molecule has 3 rings (SSSR count). The van der Waals surface area contributed by atoms with Gasteiger partial charge in [0.2, 0.25) is 5.91 Å². The number of nitrogens with one attached hydrogen (secondary N) is 1. The Labute approximate surface area is 159 Å². The van der Waals surface area contributed by atoms with E-state index in [1.165, 1.54) is 11.1 Å². The molecule has 1 atom stereocenters. The van der Waals surface area contributed by atoms with E-state index in [0.717, 1.165) is 19.5 Å². The molecule has 0 saturated carbocycles. The Hall–Kier alpha value is -2.30. The van der Waals surface area contributed by atoms with Crippen LogP contribution in [0.15, 0.2) is 54.6 Å². The Bertz CT molecular complexity index is 805. The van der Waals surface area contributed by atoms with E-state index in [1.807, 2.05) is 13.0 Å². The fourth-order valence-corrected chi connectivity index (χ4v) is 3.30. The molecule has 1 N–H and O–H groups in total. The van der Waals surface area contributed by atoms with E-state index in [4.69, 9.17) is 16.3 Å². The van der Waals surface area contributed by atoms with E-state index in [-0.39, 0.29) is 11.9 Å². The molecule has 5 heteroatoms. The predicted octanol–water partition coefficient (Wildman–Crippen LogP) is 4.46. The van der Waals surface area contributed by atoms with E-state index in [1.54, 1.807) is 25.3 Å². The second kappa shape index (κ2) is 8.39. The minimum Gasteiger partial charge on any atom is -0.495 e. The van der Waals surface area contributed by atoms with E-state index in [2.05, 4.69) is 40.6 Å². The Morgan fingerprint density at radius 2 is 2.00 bits per heavy atom. The van der Waals surface area contributed by atoms with Gasteiger partial charge in [0.05, 0.1) is 18.8 Å². The molecule has 0 bridgehead atoms. The van der Waals surface area contributed by atoms with Crippen LogP contribution in [-0.2, 0) is 4.79 Å². The number of benzene rings is 2. The van der Waals surface area contributed by atoms with Gasteiger partial charge in [-0.25, -0.2) is 0 Å². The molecule has 0 aromatic heterocycles. The van der Waals surface area contributed by atoms with Crippen LogP contribution in [0, 0.1) is 0 Å². The summed E-state index contributed by atoms with van der Waals surface area (Å²) in [5, 5.41) is 3.49. The molecule has 26 heavy (non-hydrogen) atoms. The van der Waals surface area contributed by atoms with Crippen molar-refractivity contribution in [1.29, 1.82) is 0 Å². The number of methoxy groups -OCH3 is 1. The molecule has 4 nitrogen and oxygen atoms in total. The lowest BCUT2D eigenvalue weighted by atomic mass is 9.99. The van der Waals surface area contributed by atoms with Gasteiger partial charge in [-0.15, -0.1) is 0 Å². The number of halogens is 1. The van der Waals surface area contributed by atoms with Gasteiger partial charge in [0.25, 0.3) is 0 Å². The van der Waals surface area contributed by atoms with Crippen LogP contribution in [-0.4, -0.2) is 37.0 Å². The highest BCUT2D eigenvalue weighted by Crippen LogP contribution is 2.28. The number of hydrogen-bond acceptors (Lipinski definition) is 3. The maximum absolute atomic E-state index is 12.7. The summed E-state index contributed by atoms with van der Waals surface area (Å²) in [5.74, 6) is 0.530. The molecular formula is C21H23ClN2O2. The van der Waals surface area contributed by atoms with Crippen molar-refractivity contribution in [2.45, 2.75) is 19.4 Å². The highest BCUT2D eigenvalue weighted by molar-refractivity contribution is 6.31. The van der Waals surface area contributed by atoms with Gasteiger partial charge in [-0.3, -0.25) is 9.69 Å². The molecule has 1 aliphatic rings. The number of amides is 1. The molecule has 136 valence electrons. The third-order valence-electron chi connectivity index (χ3n) is 4.73. The third kappa shape index (κ3) is 4.26. The lowest BCUT2D eigenvalue weighted by Crippen LogP contribution is -2.44. The number of ether oxygens (including phenoxy) is 1. The lowest BCUT2D eigenvalue weighted by Gasteiger charge is -2.31. The van der Waals surface area contributed by atoms with Gasteiger partial charge < -0.3 is 10.1 Å². The van der Waals surface area contributed by atoms with Crippen LogP contribution in [0.4, 0.5) is 5.69 Å². The standard InChI is InChI=1S/C21H23ClN2O2/c1-15(21(25)23-19-14-18(22)8-9-20(19)26-2)24-12-10-17(11-13-24)16-6-4-3-5-7-16/h3-10,14-15H,11-13H2,1-2H3,(H,23,25)/t15-/m0/s1. The van der Waals surface area contributed by atoms with Crippen LogP contribution in [0.1, 0.15) is 18.9 Å². The maximum atomic E-state index is 12.7. The minimum atomic E-state index is -0.243. The van der Waals surface area contributed by atoms with Crippen molar-refractivity contribution in [1.82, 2.24) is 4.90 Å². The summed E-state index contributed by atoms with van der Waals surface area (Å²) in [6.45, 7) is 3.53. The summed E-state index contributed by atoms with van der Waals surface area (Å²) in [4.78, 5) is 14.8. The van der Waals surface area contributed by atoms with E-state index >= 15 is 0 Å². The van der Waals surface area contributed by atoms with Gasteiger partial charge >= 0.3 is 0 Å². The Morgan fingerprint density at radius 3 is 2.65 bits per heavy atom. The Morgan fingerprint density at radius 1 is 1.23 bits per heavy atom. The Balaban J connectivity index is 1.65. The first-order valence-corrected chi connectivity index (χ1v) is 9.09. The van der Waals surface area contributed by atoms with Gasteiger partial charge in [0.1, 0.15) is 5.75 Å². The molecule has 1 aliphatic heterocycles. The number of carbonyl (C=O) groups is 1. The third-order valence-corrected chi connectivity index (χ3v) is 4.97. The van der Waals surface area contributed by atoms with Gasteiger partial charge in [-0.1, -0.05) is 48.0 Å². The van der Waals surface area contributed by atoms with Crippen molar-refractivity contribution in [2.75, 3.05) is 25.5 Å². The molecular weight excluding hydrogens is 348 g/mol. The monoisotopic (exact) mass is 370 g/mol. The second-order valence-electron chi connectivity index (χ2n) is 6.35. The summed E-state index contributed by atoms with van der Waals surface area (Å²) in [7, 11) is 1.57. The first-order chi connectivity index (χ1) is 12.6. The highest BCUT2D eigenvalue weighted by atomic mass is 35.5. The predicted molar refractivity (Wildman–Crippen MR) is 107 cm³/mol.